The summed E-state index contributed by atoms with van der Waals surface area (Å²) in [5.74, 6) is -0.578. The van der Waals surface area contributed by atoms with E-state index in [4.69, 9.17) is 5.41 Å². The molecule has 1 aliphatic carbocycles. The Hall–Kier alpha value is -2.93. The normalized spacial score (nSPS) is 26.9. The van der Waals surface area contributed by atoms with Crippen LogP contribution in [0.2, 0.25) is 0 Å². The lowest BCUT2D eigenvalue weighted by Gasteiger charge is -2.60. The highest BCUT2D eigenvalue weighted by atomic mass is 16.2. The summed E-state index contributed by atoms with van der Waals surface area (Å²) in [7, 11) is 0. The van der Waals surface area contributed by atoms with Crippen molar-refractivity contribution in [2.24, 2.45) is 5.92 Å². The van der Waals surface area contributed by atoms with Gasteiger partial charge in [-0.3, -0.25) is 14.6 Å². The van der Waals surface area contributed by atoms with Crippen molar-refractivity contribution >= 4 is 29.1 Å². The number of imide groups is 1. The van der Waals surface area contributed by atoms with Gasteiger partial charge in [-0.2, -0.15) is 0 Å². The first kappa shape index (κ1) is 22.3. The molecule has 4 rings (SSSR count). The quantitative estimate of drug-likeness (QED) is 0.479. The van der Waals surface area contributed by atoms with Gasteiger partial charge in [-0.1, -0.05) is 18.2 Å². The van der Waals surface area contributed by atoms with Crippen LogP contribution in [0.1, 0.15) is 38.3 Å². The number of piperidine rings is 1. The number of fused-ring (bicyclic) bond motifs is 2. The van der Waals surface area contributed by atoms with Gasteiger partial charge < -0.3 is 15.7 Å². The molecule has 1 unspecified atom stereocenters. The number of aromatic amines is 1. The van der Waals surface area contributed by atoms with Gasteiger partial charge in [0.25, 0.3) is 0 Å². The molecule has 1 saturated heterocycles. The lowest BCUT2D eigenvalue weighted by Crippen LogP contribution is -2.70. The molecule has 1 aliphatic heterocycles. The molecule has 2 aromatic rings. The van der Waals surface area contributed by atoms with Gasteiger partial charge in [0.2, 0.25) is 5.91 Å². The second-order valence-corrected chi connectivity index (χ2v) is 9.12. The van der Waals surface area contributed by atoms with Crippen molar-refractivity contribution < 1.29 is 9.59 Å². The largest absolute Gasteiger partial charge is 0.361 e. The van der Waals surface area contributed by atoms with Crippen LogP contribution in [-0.4, -0.2) is 64.7 Å². The first-order valence-corrected chi connectivity index (χ1v) is 11.4. The predicted octanol–water partition coefficient (Wildman–Crippen LogP) is 3.46. The molecule has 1 fully saturated rings. The molecule has 0 bridgehead atoms. The first-order chi connectivity index (χ1) is 15.4. The second kappa shape index (κ2) is 8.20. The standard InChI is InChI=1S/C25H33N5O2/c1-5-11-29-15-18(22(31)30(7-3)23(32)27-6-2)13-25(16-26)19-9-8-10-20-21(19)17(14-28-20)12-24(25,29)4/h5,8-10,14,16,18,26,28H,1,6-7,11-13,15H2,2-4H3,(H,27,32)/t18-,24-,25?/m1/s1. The van der Waals surface area contributed by atoms with Crippen molar-refractivity contribution in [2.45, 2.75) is 44.6 Å². The number of nitrogens with one attached hydrogen (secondary N) is 3. The molecule has 0 spiro atoms. The number of aromatic nitrogens is 1. The summed E-state index contributed by atoms with van der Waals surface area (Å²) in [6.45, 7) is 11.7. The smallest absolute Gasteiger partial charge is 0.324 e. The zero-order valence-electron chi connectivity index (χ0n) is 19.2. The van der Waals surface area contributed by atoms with Gasteiger partial charge in [0.15, 0.2) is 0 Å². The van der Waals surface area contributed by atoms with Crippen LogP contribution in [0.15, 0.2) is 37.1 Å². The number of likely N-dealkylation sites (tertiary alicyclic amines) is 1. The Kier molecular flexibility index (Phi) is 5.71. The van der Waals surface area contributed by atoms with Gasteiger partial charge in [0.1, 0.15) is 0 Å². The molecule has 170 valence electrons. The minimum atomic E-state index is -0.649. The number of urea groups is 1. The van der Waals surface area contributed by atoms with Gasteiger partial charge in [-0.15, -0.1) is 6.58 Å². The zero-order chi connectivity index (χ0) is 23.1. The molecule has 7 nitrogen and oxygen atoms in total. The Morgan fingerprint density at radius 1 is 1.41 bits per heavy atom. The number of amides is 3. The highest BCUT2D eigenvalue weighted by Crippen LogP contribution is 2.54. The highest BCUT2D eigenvalue weighted by molar-refractivity contribution is 5.98. The minimum Gasteiger partial charge on any atom is -0.361 e. The molecule has 0 saturated carbocycles. The molecule has 7 heteroatoms. The molecule has 3 atom stereocenters. The number of hydrogen-bond donors (Lipinski definition) is 3. The summed E-state index contributed by atoms with van der Waals surface area (Å²) in [5.41, 5.74) is 2.35. The molecule has 1 aromatic carbocycles. The SMILES string of the molecule is C=CCN1C[C@H](C(=O)N(CC)C(=O)NCC)CC2(C=N)c3cccc4[nH]cc(c34)C[C@@]12C. The van der Waals surface area contributed by atoms with Gasteiger partial charge in [0.05, 0.1) is 5.92 Å². The number of nitrogens with zero attached hydrogens (tertiary/aromatic N) is 2. The Bertz CT molecular complexity index is 1080. The van der Waals surface area contributed by atoms with Crippen molar-refractivity contribution in [3.63, 3.8) is 0 Å². The second-order valence-electron chi connectivity index (χ2n) is 9.12. The van der Waals surface area contributed by atoms with Crippen LogP contribution in [-0.2, 0) is 16.6 Å². The van der Waals surface area contributed by atoms with Gasteiger partial charge >= 0.3 is 6.03 Å². The van der Waals surface area contributed by atoms with Crippen molar-refractivity contribution in [3.8, 4) is 0 Å². The topological polar surface area (TPSA) is 92.3 Å². The van der Waals surface area contributed by atoms with Crippen LogP contribution in [0.3, 0.4) is 0 Å². The maximum atomic E-state index is 13.6. The highest BCUT2D eigenvalue weighted by Gasteiger charge is 2.59. The monoisotopic (exact) mass is 435 g/mol. The van der Waals surface area contributed by atoms with Crippen LogP contribution in [0.5, 0.6) is 0 Å². The summed E-state index contributed by atoms with van der Waals surface area (Å²) in [4.78, 5) is 33.1. The van der Waals surface area contributed by atoms with Crippen LogP contribution in [0.25, 0.3) is 10.9 Å². The minimum absolute atomic E-state index is 0.178. The number of hydrogen-bond acceptors (Lipinski definition) is 4. The fourth-order valence-electron chi connectivity index (χ4n) is 5.99. The van der Waals surface area contributed by atoms with E-state index in [9.17, 15) is 9.59 Å². The van der Waals surface area contributed by atoms with E-state index in [0.717, 1.165) is 22.9 Å². The molecular weight excluding hydrogens is 402 g/mol. The molecule has 2 heterocycles. The molecule has 2 aliphatic rings. The average molecular weight is 436 g/mol. The Labute approximate surface area is 189 Å². The predicted molar refractivity (Wildman–Crippen MR) is 127 cm³/mol. The van der Waals surface area contributed by atoms with Crippen LogP contribution >= 0.6 is 0 Å². The van der Waals surface area contributed by atoms with Crippen LogP contribution in [0, 0.1) is 11.3 Å². The Morgan fingerprint density at radius 2 is 2.19 bits per heavy atom. The van der Waals surface area contributed by atoms with E-state index in [1.807, 2.05) is 26.0 Å². The van der Waals surface area contributed by atoms with E-state index in [0.29, 0.717) is 32.6 Å². The van der Waals surface area contributed by atoms with E-state index < -0.39 is 11.3 Å². The number of H-pyrrole nitrogens is 1. The number of rotatable bonds is 6. The summed E-state index contributed by atoms with van der Waals surface area (Å²) < 4.78 is 0. The molecule has 3 amide bonds. The fraction of sp³-hybridized carbons (Fsp3) is 0.480. The molecule has 32 heavy (non-hydrogen) atoms. The maximum Gasteiger partial charge on any atom is 0.324 e. The summed E-state index contributed by atoms with van der Waals surface area (Å²) in [6, 6.07) is 5.82. The third kappa shape index (κ3) is 3.02. The van der Waals surface area contributed by atoms with Crippen molar-refractivity contribution in [1.82, 2.24) is 20.1 Å². The summed E-state index contributed by atoms with van der Waals surface area (Å²) in [5, 5.41) is 12.6. The van der Waals surface area contributed by atoms with Crippen molar-refractivity contribution in [1.29, 1.82) is 5.41 Å². The number of benzene rings is 1. The van der Waals surface area contributed by atoms with Crippen LogP contribution in [0.4, 0.5) is 4.79 Å². The summed E-state index contributed by atoms with van der Waals surface area (Å²) in [6.07, 6.45) is 6.77. The third-order valence-electron chi connectivity index (χ3n) is 7.57. The molecule has 0 radical (unpaired) electrons. The van der Waals surface area contributed by atoms with Gasteiger partial charge in [-0.25, -0.2) is 4.79 Å². The van der Waals surface area contributed by atoms with Crippen LogP contribution < -0.4 is 5.32 Å². The summed E-state index contributed by atoms with van der Waals surface area (Å²) >= 11 is 0. The fourth-order valence-corrected chi connectivity index (χ4v) is 5.99. The maximum absolute atomic E-state index is 13.6. The van der Waals surface area contributed by atoms with E-state index in [1.54, 1.807) is 6.21 Å². The Morgan fingerprint density at radius 3 is 2.84 bits per heavy atom. The molecule has 3 N–H and O–H groups in total. The van der Waals surface area contributed by atoms with E-state index >= 15 is 0 Å². The van der Waals surface area contributed by atoms with Gasteiger partial charge in [0, 0.05) is 60.4 Å². The number of carbonyl (C=O) groups is 2. The van der Waals surface area contributed by atoms with E-state index in [-0.39, 0.29) is 17.5 Å². The van der Waals surface area contributed by atoms with E-state index in [1.165, 1.54) is 10.5 Å². The van der Waals surface area contributed by atoms with Gasteiger partial charge in [-0.05, 0) is 50.8 Å². The zero-order valence-corrected chi connectivity index (χ0v) is 19.2. The molecular formula is C25H33N5O2. The lowest BCUT2D eigenvalue weighted by molar-refractivity contribution is -0.137. The van der Waals surface area contributed by atoms with Crippen molar-refractivity contribution in [2.75, 3.05) is 26.2 Å². The first-order valence-electron chi connectivity index (χ1n) is 11.4. The Balaban J connectivity index is 1.84. The average Bonchev–Trinajstić information content (AvgIpc) is 3.19. The lowest BCUT2D eigenvalue weighted by atomic mass is 9.54. The third-order valence-corrected chi connectivity index (χ3v) is 7.57. The van der Waals surface area contributed by atoms with Crippen molar-refractivity contribution in [3.05, 3.63) is 48.2 Å². The molecule has 1 aromatic heterocycles. The number of carbonyl (C=O) groups excluding carboxylic acids is 2. The van der Waals surface area contributed by atoms with E-state index in [2.05, 4.69) is 47.0 Å².